The number of carbonyl (C=O) groups is 2. The number of hydrogen-bond acceptors (Lipinski definition) is 4. The molecule has 2 aromatic rings. The maximum Gasteiger partial charge on any atom is 0.250 e. The molecule has 0 bridgehead atoms. The van der Waals surface area contributed by atoms with Crippen LogP contribution in [-0.4, -0.2) is 21.5 Å². The van der Waals surface area contributed by atoms with Gasteiger partial charge >= 0.3 is 0 Å². The first-order valence-corrected chi connectivity index (χ1v) is 7.51. The van der Waals surface area contributed by atoms with Crippen LogP contribution in [0.15, 0.2) is 18.2 Å². The van der Waals surface area contributed by atoms with Crippen molar-refractivity contribution in [1.29, 1.82) is 0 Å². The lowest BCUT2D eigenvalue weighted by Crippen LogP contribution is -2.28. The fraction of sp³-hybridized carbons (Fsp3) is 0.353. The average Bonchev–Trinajstić information content (AvgIpc) is 2.73. The number of nitrogens with two attached hydrogens (primary N) is 2. The Balaban J connectivity index is 2.16. The first kappa shape index (κ1) is 15.3. The molecule has 1 aliphatic rings. The minimum Gasteiger partial charge on any atom is -0.398 e. The Hall–Kier alpha value is -2.63. The quantitative estimate of drug-likeness (QED) is 0.828. The Kier molecular flexibility index (Phi) is 3.28. The number of fused-ring (bicyclic) bond motifs is 1. The van der Waals surface area contributed by atoms with Crippen molar-refractivity contribution in [3.05, 3.63) is 40.7 Å². The number of nitrogens with zero attached hydrogens (tertiary/aromatic N) is 2. The van der Waals surface area contributed by atoms with Gasteiger partial charge in [0, 0.05) is 12.1 Å². The second kappa shape index (κ2) is 4.94. The Labute approximate surface area is 134 Å². The van der Waals surface area contributed by atoms with Crippen LogP contribution in [0.1, 0.15) is 52.4 Å². The van der Waals surface area contributed by atoms with Crippen LogP contribution in [0.5, 0.6) is 0 Å². The summed E-state index contributed by atoms with van der Waals surface area (Å²) in [5.41, 5.74) is 14.7. The van der Waals surface area contributed by atoms with Crippen molar-refractivity contribution in [2.75, 3.05) is 5.73 Å². The van der Waals surface area contributed by atoms with Crippen molar-refractivity contribution >= 4 is 17.4 Å². The lowest BCUT2D eigenvalue weighted by molar-refractivity contribution is 0.0909. The number of hydrogen-bond donors (Lipinski definition) is 2. The molecule has 120 valence electrons. The summed E-state index contributed by atoms with van der Waals surface area (Å²) in [4.78, 5) is 23.7. The Morgan fingerprint density at radius 1 is 1.30 bits per heavy atom. The first-order valence-electron chi connectivity index (χ1n) is 7.51. The first-order chi connectivity index (χ1) is 10.7. The molecule has 0 unspecified atom stereocenters. The number of rotatable bonds is 2. The number of carbonyl (C=O) groups excluding carboxylic acids is 2. The number of aromatic nitrogens is 2. The predicted molar refractivity (Wildman–Crippen MR) is 87.7 cm³/mol. The molecule has 1 aliphatic carbocycles. The molecule has 0 fully saturated rings. The molecule has 1 amide bonds. The molecular formula is C17H20N4O2. The smallest absolute Gasteiger partial charge is 0.250 e. The van der Waals surface area contributed by atoms with Gasteiger partial charge in [-0.25, -0.2) is 4.68 Å². The average molecular weight is 312 g/mol. The molecule has 3 rings (SSSR count). The van der Waals surface area contributed by atoms with Gasteiger partial charge in [0.05, 0.1) is 28.2 Å². The molecule has 0 spiro atoms. The lowest BCUT2D eigenvalue weighted by atomic mass is 9.75. The number of nitrogen functional groups attached to an aromatic ring is 1. The van der Waals surface area contributed by atoms with E-state index in [4.69, 9.17) is 11.5 Å². The number of anilines is 1. The van der Waals surface area contributed by atoms with Crippen LogP contribution >= 0.6 is 0 Å². The largest absolute Gasteiger partial charge is 0.398 e. The molecule has 1 aromatic carbocycles. The van der Waals surface area contributed by atoms with Crippen molar-refractivity contribution in [3.8, 4) is 5.69 Å². The van der Waals surface area contributed by atoms with Crippen LogP contribution in [0.2, 0.25) is 0 Å². The number of aryl methyl sites for hydroxylation is 1. The van der Waals surface area contributed by atoms with Gasteiger partial charge in [0.2, 0.25) is 0 Å². The van der Waals surface area contributed by atoms with Crippen LogP contribution in [0.3, 0.4) is 0 Å². The predicted octanol–water partition coefficient (Wildman–Crippen LogP) is 2.02. The highest BCUT2D eigenvalue weighted by atomic mass is 16.1. The summed E-state index contributed by atoms with van der Waals surface area (Å²) in [7, 11) is 0. The van der Waals surface area contributed by atoms with Gasteiger partial charge in [-0.1, -0.05) is 13.8 Å². The normalized spacial score (nSPS) is 16.2. The van der Waals surface area contributed by atoms with E-state index in [9.17, 15) is 9.59 Å². The minimum absolute atomic E-state index is 0.104. The zero-order chi connectivity index (χ0) is 16.9. The van der Waals surface area contributed by atoms with Gasteiger partial charge in [0.25, 0.3) is 5.91 Å². The van der Waals surface area contributed by atoms with Crippen LogP contribution in [-0.2, 0) is 6.42 Å². The summed E-state index contributed by atoms with van der Waals surface area (Å²) in [5, 5.41) is 4.52. The van der Waals surface area contributed by atoms with Crippen LogP contribution in [0.25, 0.3) is 5.69 Å². The fourth-order valence-corrected chi connectivity index (χ4v) is 3.26. The van der Waals surface area contributed by atoms with Gasteiger partial charge in [-0.3, -0.25) is 9.59 Å². The molecule has 0 atom stereocenters. The molecule has 6 nitrogen and oxygen atoms in total. The van der Waals surface area contributed by atoms with E-state index in [-0.39, 0.29) is 16.8 Å². The highest BCUT2D eigenvalue weighted by molar-refractivity contribution is 6.00. The van der Waals surface area contributed by atoms with Crippen molar-refractivity contribution in [1.82, 2.24) is 9.78 Å². The monoisotopic (exact) mass is 312 g/mol. The van der Waals surface area contributed by atoms with E-state index < -0.39 is 5.91 Å². The molecule has 4 N–H and O–H groups in total. The number of amides is 1. The van der Waals surface area contributed by atoms with Gasteiger partial charge in [0.15, 0.2) is 5.78 Å². The second-order valence-corrected chi connectivity index (χ2v) is 6.90. The van der Waals surface area contributed by atoms with Gasteiger partial charge in [-0.2, -0.15) is 5.10 Å². The SMILES string of the molecule is Cc1nn(-c2ccc(C(N)=O)c(N)c2)c2c1C(=O)CC(C)(C)C2. The molecule has 6 heteroatoms. The number of benzene rings is 1. The summed E-state index contributed by atoms with van der Waals surface area (Å²) in [6, 6.07) is 5.00. The molecule has 0 aliphatic heterocycles. The molecule has 23 heavy (non-hydrogen) atoms. The van der Waals surface area contributed by atoms with Crippen LogP contribution in [0, 0.1) is 12.3 Å². The second-order valence-electron chi connectivity index (χ2n) is 6.90. The highest BCUT2D eigenvalue weighted by Gasteiger charge is 2.35. The van der Waals surface area contributed by atoms with Crippen molar-refractivity contribution in [2.24, 2.45) is 11.1 Å². The van der Waals surface area contributed by atoms with Gasteiger partial charge in [-0.05, 0) is 37.0 Å². The van der Waals surface area contributed by atoms with Crippen molar-refractivity contribution in [2.45, 2.75) is 33.6 Å². The molecule has 0 saturated heterocycles. The number of primary amides is 1. The van der Waals surface area contributed by atoms with Crippen LogP contribution in [0.4, 0.5) is 5.69 Å². The summed E-state index contributed by atoms with van der Waals surface area (Å²) < 4.78 is 1.75. The highest BCUT2D eigenvalue weighted by Crippen LogP contribution is 2.37. The van der Waals surface area contributed by atoms with Crippen molar-refractivity contribution < 1.29 is 9.59 Å². The van der Waals surface area contributed by atoms with E-state index in [0.717, 1.165) is 23.5 Å². The van der Waals surface area contributed by atoms with E-state index in [1.807, 2.05) is 6.92 Å². The molecule has 0 saturated carbocycles. The van der Waals surface area contributed by atoms with E-state index in [1.54, 1.807) is 22.9 Å². The topological polar surface area (TPSA) is 104 Å². The Morgan fingerprint density at radius 2 is 2.00 bits per heavy atom. The minimum atomic E-state index is -0.566. The van der Waals surface area contributed by atoms with E-state index >= 15 is 0 Å². The summed E-state index contributed by atoms with van der Waals surface area (Å²) >= 11 is 0. The third-order valence-electron chi connectivity index (χ3n) is 4.27. The third-order valence-corrected chi connectivity index (χ3v) is 4.27. The maximum absolute atomic E-state index is 12.4. The lowest BCUT2D eigenvalue weighted by Gasteiger charge is -2.29. The van der Waals surface area contributed by atoms with Crippen molar-refractivity contribution in [3.63, 3.8) is 0 Å². The summed E-state index contributed by atoms with van der Waals surface area (Å²) in [6.07, 6.45) is 1.28. The van der Waals surface area contributed by atoms with E-state index in [1.165, 1.54) is 0 Å². The zero-order valence-electron chi connectivity index (χ0n) is 13.5. The maximum atomic E-state index is 12.4. The Morgan fingerprint density at radius 3 is 2.61 bits per heavy atom. The summed E-state index contributed by atoms with van der Waals surface area (Å²) in [6.45, 7) is 5.99. The zero-order valence-corrected chi connectivity index (χ0v) is 13.5. The fourth-order valence-electron chi connectivity index (χ4n) is 3.26. The molecule has 1 aromatic heterocycles. The van der Waals surface area contributed by atoms with Gasteiger partial charge in [-0.15, -0.1) is 0 Å². The summed E-state index contributed by atoms with van der Waals surface area (Å²) in [5.74, 6) is -0.439. The van der Waals surface area contributed by atoms with E-state index in [2.05, 4.69) is 18.9 Å². The van der Waals surface area contributed by atoms with E-state index in [0.29, 0.717) is 17.7 Å². The molecule has 1 heterocycles. The molecular weight excluding hydrogens is 292 g/mol. The number of ketones is 1. The third kappa shape index (κ3) is 2.50. The van der Waals surface area contributed by atoms with Crippen LogP contribution < -0.4 is 11.5 Å². The number of Topliss-reactive ketones (excluding diaryl/α,β-unsaturated/α-hetero) is 1. The van der Waals surface area contributed by atoms with Gasteiger partial charge in [0.1, 0.15) is 0 Å². The standard InChI is InChI=1S/C17H20N4O2/c1-9-15-13(7-17(2,3)8-14(15)22)21(20-9)10-4-5-11(16(19)23)12(18)6-10/h4-6H,7-8,18H2,1-3H3,(H2,19,23). The Bertz CT molecular complexity index is 833. The molecule has 0 radical (unpaired) electrons. The van der Waals surface area contributed by atoms with Gasteiger partial charge < -0.3 is 11.5 Å².